The van der Waals surface area contributed by atoms with Crippen LogP contribution in [0.3, 0.4) is 0 Å². The number of piperidine rings is 1. The van der Waals surface area contributed by atoms with E-state index in [-0.39, 0.29) is 30.5 Å². The van der Waals surface area contributed by atoms with Crippen molar-refractivity contribution in [1.29, 1.82) is 0 Å². The minimum Gasteiger partial charge on any atom is -0.493 e. The van der Waals surface area contributed by atoms with E-state index in [0.717, 1.165) is 11.1 Å². The fourth-order valence-corrected chi connectivity index (χ4v) is 5.31. The number of esters is 1. The van der Waals surface area contributed by atoms with Crippen LogP contribution in [0, 0.1) is 5.92 Å². The Kier molecular flexibility index (Phi) is 9.81. The third-order valence-corrected chi connectivity index (χ3v) is 7.53. The van der Waals surface area contributed by atoms with Crippen molar-refractivity contribution in [1.82, 2.24) is 25.3 Å². The van der Waals surface area contributed by atoms with Crippen molar-refractivity contribution in [2.75, 3.05) is 40.4 Å². The monoisotopic (exact) mass is 605 g/mol. The van der Waals surface area contributed by atoms with Gasteiger partial charge in [-0.05, 0) is 42.2 Å². The van der Waals surface area contributed by atoms with Crippen LogP contribution in [0.2, 0.25) is 0 Å². The molecule has 12 heteroatoms. The van der Waals surface area contributed by atoms with E-state index in [2.05, 4.69) is 20.4 Å². The van der Waals surface area contributed by atoms with E-state index in [1.807, 2.05) is 38.1 Å². The molecule has 1 fully saturated rings. The van der Waals surface area contributed by atoms with E-state index in [1.54, 1.807) is 31.4 Å². The molecule has 4 bridgehead atoms. The number of amides is 2. The second-order valence-corrected chi connectivity index (χ2v) is 11.6. The fourth-order valence-electron chi connectivity index (χ4n) is 5.31. The van der Waals surface area contributed by atoms with Crippen LogP contribution in [0.25, 0.3) is 0 Å². The summed E-state index contributed by atoms with van der Waals surface area (Å²) in [5, 5.41) is 9.83. The number of nitrogens with one attached hydrogen (secondary N) is 2. The summed E-state index contributed by atoms with van der Waals surface area (Å²) in [7, 11) is 2.92. The molecule has 2 aliphatic heterocycles. The quantitative estimate of drug-likeness (QED) is 0.406. The zero-order chi connectivity index (χ0) is 31.2. The Morgan fingerprint density at radius 3 is 2.80 bits per heavy atom. The van der Waals surface area contributed by atoms with Gasteiger partial charge in [-0.1, -0.05) is 26.0 Å². The molecular formula is C32H39N5O7. The van der Waals surface area contributed by atoms with Crippen molar-refractivity contribution in [2.24, 2.45) is 5.92 Å². The standard InChI is InChI=1S/C32H39N5O7/c1-20(2)18-42-25-11-22-12-26(13-25)44-24-7-5-6-21(10-24)19-43-28-16-37(15-23-14-33-35-30(23)32(40)41-4)9-8-27(28)34-29(38)17-36(3)31(22)39/h5-7,10-14,20,27-28H,8-9,15-19H2,1-4H3,(H,33,35)(H,34,38)/t27-,28-/m0/s1. The summed E-state index contributed by atoms with van der Waals surface area (Å²) in [4.78, 5) is 42.3. The molecule has 0 saturated carbocycles. The minimum atomic E-state index is -0.480. The molecule has 0 radical (unpaired) electrons. The summed E-state index contributed by atoms with van der Waals surface area (Å²) in [5.41, 5.74) is 2.29. The molecule has 0 spiro atoms. The van der Waals surface area contributed by atoms with Crippen LogP contribution in [-0.2, 0) is 27.4 Å². The number of carbonyl (C=O) groups is 3. The average molecular weight is 606 g/mol. The van der Waals surface area contributed by atoms with Crippen LogP contribution in [0.15, 0.2) is 48.7 Å². The number of methoxy groups -OCH3 is 1. The van der Waals surface area contributed by atoms with Gasteiger partial charge in [0, 0.05) is 43.9 Å². The number of ether oxygens (including phenoxy) is 4. The van der Waals surface area contributed by atoms with Crippen LogP contribution < -0.4 is 14.8 Å². The number of fused-ring (bicyclic) bond motifs is 5. The summed E-state index contributed by atoms with van der Waals surface area (Å²) in [6.45, 7) is 6.36. The number of hydrogen-bond acceptors (Lipinski definition) is 9. The molecule has 234 valence electrons. The van der Waals surface area contributed by atoms with Gasteiger partial charge < -0.3 is 29.2 Å². The summed E-state index contributed by atoms with van der Waals surface area (Å²) in [6.07, 6.45) is 1.88. The molecule has 1 saturated heterocycles. The highest BCUT2D eigenvalue weighted by atomic mass is 16.5. The predicted octanol–water partition coefficient (Wildman–Crippen LogP) is 3.38. The number of hydrogen-bond donors (Lipinski definition) is 2. The lowest BCUT2D eigenvalue weighted by molar-refractivity contribution is -0.125. The van der Waals surface area contributed by atoms with Gasteiger partial charge in [-0.2, -0.15) is 5.10 Å². The average Bonchev–Trinajstić information content (AvgIpc) is 3.47. The second kappa shape index (κ2) is 13.9. The van der Waals surface area contributed by atoms with Gasteiger partial charge in [0.25, 0.3) is 5.91 Å². The molecule has 2 atom stereocenters. The number of aromatic amines is 1. The molecule has 0 unspecified atom stereocenters. The van der Waals surface area contributed by atoms with Gasteiger partial charge in [0.2, 0.25) is 5.91 Å². The summed E-state index contributed by atoms with van der Waals surface area (Å²) in [6, 6.07) is 12.4. The SMILES string of the molecule is COC(=O)c1[nH]ncc1CN1CC[C@@H]2NC(=O)CN(C)C(=O)c3cc(OCC(C)C)cc(c3)Oc3cccc(c3)CO[C@H]2C1. The maximum atomic E-state index is 13.5. The van der Waals surface area contributed by atoms with Crippen LogP contribution in [-0.4, -0.2) is 90.3 Å². The van der Waals surface area contributed by atoms with Gasteiger partial charge in [0.1, 0.15) is 22.9 Å². The Hall–Kier alpha value is -4.42. The maximum Gasteiger partial charge on any atom is 0.356 e. The first-order valence-electron chi connectivity index (χ1n) is 14.7. The molecule has 1 aromatic heterocycles. The van der Waals surface area contributed by atoms with Gasteiger partial charge in [0.15, 0.2) is 0 Å². The second-order valence-electron chi connectivity index (χ2n) is 11.6. The number of likely N-dealkylation sites (tertiary alicyclic amines) is 1. The van der Waals surface area contributed by atoms with E-state index in [1.165, 1.54) is 12.0 Å². The topological polar surface area (TPSA) is 135 Å². The number of H-pyrrole nitrogens is 1. The molecule has 44 heavy (non-hydrogen) atoms. The Labute approximate surface area is 256 Å². The van der Waals surface area contributed by atoms with E-state index in [0.29, 0.717) is 73.7 Å². The van der Waals surface area contributed by atoms with Gasteiger partial charge in [0.05, 0.1) is 45.2 Å². The molecular weight excluding hydrogens is 566 g/mol. The predicted molar refractivity (Wildman–Crippen MR) is 161 cm³/mol. The molecule has 12 nitrogen and oxygen atoms in total. The summed E-state index contributed by atoms with van der Waals surface area (Å²) < 4.78 is 23.4. The summed E-state index contributed by atoms with van der Waals surface area (Å²) >= 11 is 0. The van der Waals surface area contributed by atoms with Gasteiger partial charge in [-0.15, -0.1) is 0 Å². The number of likely N-dealkylation sites (N-methyl/N-ethyl adjacent to an activating group) is 1. The van der Waals surface area contributed by atoms with Crippen LogP contribution in [0.4, 0.5) is 0 Å². The highest BCUT2D eigenvalue weighted by Crippen LogP contribution is 2.30. The highest BCUT2D eigenvalue weighted by Gasteiger charge is 2.33. The lowest BCUT2D eigenvalue weighted by Gasteiger charge is -2.39. The molecule has 2 aromatic carbocycles. The Morgan fingerprint density at radius 1 is 1.16 bits per heavy atom. The van der Waals surface area contributed by atoms with Crippen molar-refractivity contribution in [3.63, 3.8) is 0 Å². The van der Waals surface area contributed by atoms with Crippen LogP contribution >= 0.6 is 0 Å². The molecule has 2 aliphatic rings. The number of benzene rings is 2. The number of aromatic nitrogens is 2. The lowest BCUT2D eigenvalue weighted by Crippen LogP contribution is -2.56. The number of rotatable bonds is 6. The first-order valence-corrected chi connectivity index (χ1v) is 14.7. The molecule has 3 heterocycles. The maximum absolute atomic E-state index is 13.5. The zero-order valence-electron chi connectivity index (χ0n) is 25.5. The molecule has 3 aromatic rings. The number of nitrogens with zero attached hydrogens (tertiary/aromatic N) is 3. The molecule has 5 rings (SSSR count). The number of carbonyl (C=O) groups excluding carboxylic acids is 3. The largest absolute Gasteiger partial charge is 0.493 e. The zero-order valence-corrected chi connectivity index (χ0v) is 25.5. The fraction of sp³-hybridized carbons (Fsp3) is 0.438. The first kappa shape index (κ1) is 31.0. The lowest BCUT2D eigenvalue weighted by atomic mass is 10.0. The van der Waals surface area contributed by atoms with Crippen molar-refractivity contribution in [2.45, 2.75) is 45.6 Å². The van der Waals surface area contributed by atoms with E-state index >= 15 is 0 Å². The molecule has 2 N–H and O–H groups in total. The van der Waals surface area contributed by atoms with E-state index in [4.69, 9.17) is 18.9 Å². The van der Waals surface area contributed by atoms with Crippen LogP contribution in [0.1, 0.15) is 52.2 Å². The van der Waals surface area contributed by atoms with Crippen molar-refractivity contribution >= 4 is 17.8 Å². The minimum absolute atomic E-state index is 0.129. The van der Waals surface area contributed by atoms with Gasteiger partial charge in [-0.25, -0.2) is 4.79 Å². The van der Waals surface area contributed by atoms with Crippen LogP contribution in [0.5, 0.6) is 17.2 Å². The Balaban J connectivity index is 1.39. The Morgan fingerprint density at radius 2 is 2.00 bits per heavy atom. The molecule has 0 aliphatic carbocycles. The van der Waals surface area contributed by atoms with Gasteiger partial charge >= 0.3 is 5.97 Å². The normalized spacial score (nSPS) is 19.6. The Bertz CT molecular complexity index is 1490. The summed E-state index contributed by atoms with van der Waals surface area (Å²) in [5.74, 6) is 0.764. The van der Waals surface area contributed by atoms with E-state index in [9.17, 15) is 14.4 Å². The first-order chi connectivity index (χ1) is 21.2. The van der Waals surface area contributed by atoms with Crippen molar-refractivity contribution < 1.29 is 33.3 Å². The van der Waals surface area contributed by atoms with Crippen molar-refractivity contribution in [3.8, 4) is 17.2 Å². The third-order valence-electron chi connectivity index (χ3n) is 7.53. The smallest absolute Gasteiger partial charge is 0.356 e. The highest BCUT2D eigenvalue weighted by molar-refractivity contribution is 5.97. The van der Waals surface area contributed by atoms with Gasteiger partial charge in [-0.3, -0.25) is 19.6 Å². The molecule has 2 amide bonds. The van der Waals surface area contributed by atoms with E-state index < -0.39 is 5.97 Å². The third kappa shape index (κ3) is 7.74. The van der Waals surface area contributed by atoms with Crippen molar-refractivity contribution in [3.05, 3.63) is 71.0 Å².